The Balaban J connectivity index is 1.55. The minimum Gasteiger partial charge on any atom is -0.338 e. The Bertz CT molecular complexity index is 1140. The van der Waals surface area contributed by atoms with E-state index in [-0.39, 0.29) is 17.3 Å². The monoisotopic (exact) mass is 453 g/mol. The van der Waals surface area contributed by atoms with Crippen LogP contribution in [0.25, 0.3) is 0 Å². The second-order valence-electron chi connectivity index (χ2n) is 7.91. The zero-order valence-corrected chi connectivity index (χ0v) is 18.8. The summed E-state index contributed by atoms with van der Waals surface area (Å²) in [7, 11) is 1.57. The number of rotatable bonds is 6. The predicted molar refractivity (Wildman–Crippen MR) is 126 cm³/mol. The van der Waals surface area contributed by atoms with E-state index in [9.17, 15) is 18.8 Å². The number of amidine groups is 1. The number of aromatic nitrogens is 1. The summed E-state index contributed by atoms with van der Waals surface area (Å²) < 4.78 is 15.2. The van der Waals surface area contributed by atoms with Crippen molar-refractivity contribution in [3.63, 3.8) is 0 Å². The normalized spacial score (nSPS) is 15.9. The molecule has 1 atom stereocenters. The average molecular weight is 454 g/mol. The summed E-state index contributed by atoms with van der Waals surface area (Å²) in [5, 5.41) is 10.5. The lowest BCUT2D eigenvalue weighted by Gasteiger charge is -2.22. The fourth-order valence-electron chi connectivity index (χ4n) is 3.80. The van der Waals surface area contributed by atoms with Gasteiger partial charge in [0.2, 0.25) is 11.7 Å². The van der Waals surface area contributed by atoms with Crippen molar-refractivity contribution in [3.8, 4) is 0 Å². The quantitative estimate of drug-likeness (QED) is 0.399. The predicted octanol–water partition coefficient (Wildman–Crippen LogP) is 2.47. The molecule has 1 aromatic carbocycles. The number of carbonyl (C=O) groups excluding carboxylic acids is 2. The van der Waals surface area contributed by atoms with Gasteiger partial charge in [0.15, 0.2) is 0 Å². The number of pyridine rings is 1. The number of benzene rings is 1. The molecule has 3 rings (SSSR count). The van der Waals surface area contributed by atoms with Crippen molar-refractivity contribution in [1.82, 2.24) is 9.88 Å². The van der Waals surface area contributed by atoms with E-state index in [1.165, 1.54) is 23.2 Å². The maximum absolute atomic E-state index is 13.6. The number of halogens is 1. The highest BCUT2D eigenvalue weighted by Crippen LogP contribution is 2.24. The summed E-state index contributed by atoms with van der Waals surface area (Å²) in [6, 6.07) is 7.16. The summed E-state index contributed by atoms with van der Waals surface area (Å²) in [4.78, 5) is 42.7. The summed E-state index contributed by atoms with van der Waals surface area (Å²) in [5.41, 5.74) is 1.81. The Hall–Kier alpha value is -3.62. The molecule has 8 nitrogen and oxygen atoms in total. The van der Waals surface area contributed by atoms with E-state index in [2.05, 4.69) is 10.3 Å². The highest BCUT2D eigenvalue weighted by atomic mass is 19.1. The van der Waals surface area contributed by atoms with Crippen molar-refractivity contribution in [2.24, 2.45) is 4.99 Å². The summed E-state index contributed by atoms with van der Waals surface area (Å²) in [6.45, 7) is 2.40. The van der Waals surface area contributed by atoms with Gasteiger partial charge in [-0.15, -0.1) is 0 Å². The molecule has 2 N–H and O–H groups in total. The van der Waals surface area contributed by atoms with E-state index in [0.717, 1.165) is 5.56 Å². The van der Waals surface area contributed by atoms with E-state index < -0.39 is 17.8 Å². The third kappa shape index (κ3) is 5.79. The van der Waals surface area contributed by atoms with Gasteiger partial charge in [0.1, 0.15) is 11.9 Å². The molecule has 0 fully saturated rings. The number of hydrogen-bond acceptors (Lipinski definition) is 4. The number of hydrogen-bond donors (Lipinski definition) is 2. The molecule has 2 heterocycles. The fourth-order valence-corrected chi connectivity index (χ4v) is 3.80. The molecule has 33 heavy (non-hydrogen) atoms. The Kier molecular flexibility index (Phi) is 7.87. The summed E-state index contributed by atoms with van der Waals surface area (Å²) in [5.74, 6) is -1.84. The van der Waals surface area contributed by atoms with Crippen LogP contribution in [0.15, 0.2) is 46.3 Å². The maximum atomic E-state index is 13.6. The highest BCUT2D eigenvalue weighted by Gasteiger charge is 2.30. The van der Waals surface area contributed by atoms with Crippen LogP contribution in [0.4, 0.5) is 10.1 Å². The lowest BCUT2D eigenvalue weighted by atomic mass is 10.1. The molecule has 1 aliphatic heterocycles. The van der Waals surface area contributed by atoms with Crippen molar-refractivity contribution in [2.45, 2.75) is 51.6 Å². The molecule has 0 aliphatic carbocycles. The second kappa shape index (κ2) is 10.8. The zero-order chi connectivity index (χ0) is 24.0. The molecule has 0 bridgehead atoms. The largest absolute Gasteiger partial charge is 0.338 e. The third-order valence-electron chi connectivity index (χ3n) is 5.69. The first-order chi connectivity index (χ1) is 15.8. The molecule has 0 spiro atoms. The number of fused-ring (bicyclic) bond motifs is 1. The van der Waals surface area contributed by atoms with Gasteiger partial charge in [-0.25, -0.2) is 9.38 Å². The molecular formula is C24H28FN5O3. The Labute approximate surface area is 191 Å². The molecule has 1 aromatic heterocycles. The number of anilines is 1. The molecule has 1 aliphatic rings. The minimum atomic E-state index is -0.823. The molecule has 0 saturated carbocycles. The van der Waals surface area contributed by atoms with Crippen LogP contribution in [0, 0.1) is 11.2 Å². The van der Waals surface area contributed by atoms with Crippen LogP contribution in [0.5, 0.6) is 0 Å². The first kappa shape index (κ1) is 24.0. The van der Waals surface area contributed by atoms with Crippen LogP contribution in [-0.2, 0) is 29.0 Å². The van der Waals surface area contributed by atoms with Gasteiger partial charge < -0.3 is 14.8 Å². The minimum absolute atomic E-state index is 0.190. The van der Waals surface area contributed by atoms with Crippen LogP contribution >= 0.6 is 0 Å². The van der Waals surface area contributed by atoms with Gasteiger partial charge in [0.25, 0.3) is 11.5 Å². The van der Waals surface area contributed by atoms with E-state index in [4.69, 9.17) is 5.41 Å². The van der Waals surface area contributed by atoms with Gasteiger partial charge in [-0.3, -0.25) is 19.8 Å². The number of unbranched alkanes of at least 4 members (excludes halogenated alkanes) is 1. The molecule has 0 unspecified atom stereocenters. The molecule has 174 valence electrons. The van der Waals surface area contributed by atoms with Crippen molar-refractivity contribution < 1.29 is 14.0 Å². The number of nitrogens with zero attached hydrogens (tertiary/aromatic N) is 3. The maximum Gasteiger partial charge on any atom is 0.289 e. The smallest absolute Gasteiger partial charge is 0.289 e. The molecular weight excluding hydrogens is 425 g/mol. The van der Waals surface area contributed by atoms with E-state index >= 15 is 0 Å². The number of aryl methyl sites for hydroxylation is 3. The first-order valence-corrected chi connectivity index (χ1v) is 11.0. The number of carbonyl (C=O) groups is 2. The Morgan fingerprint density at radius 1 is 1.33 bits per heavy atom. The van der Waals surface area contributed by atoms with Gasteiger partial charge in [-0.2, -0.15) is 0 Å². The number of aliphatic imine (C=N–C) groups is 1. The Morgan fingerprint density at radius 2 is 2.09 bits per heavy atom. The molecule has 9 heteroatoms. The van der Waals surface area contributed by atoms with Gasteiger partial charge >= 0.3 is 0 Å². The van der Waals surface area contributed by atoms with Gasteiger partial charge in [-0.1, -0.05) is 18.2 Å². The average Bonchev–Trinajstić information content (AvgIpc) is 2.91. The van der Waals surface area contributed by atoms with E-state index in [1.54, 1.807) is 36.0 Å². The van der Waals surface area contributed by atoms with Crippen LogP contribution in [0.2, 0.25) is 0 Å². The summed E-state index contributed by atoms with van der Waals surface area (Å²) >= 11 is 0. The van der Waals surface area contributed by atoms with Crippen LogP contribution in [0.1, 0.15) is 37.3 Å². The molecule has 0 saturated heterocycles. The van der Waals surface area contributed by atoms with Crippen molar-refractivity contribution >= 4 is 29.6 Å². The van der Waals surface area contributed by atoms with Gasteiger partial charge in [0.05, 0.1) is 5.69 Å². The number of likely N-dealkylation sites (N-methyl/N-ethyl adjacent to an activating group) is 1. The lowest BCUT2D eigenvalue weighted by Crippen LogP contribution is -2.48. The fraction of sp³-hybridized carbons (Fsp3) is 0.375. The third-order valence-corrected chi connectivity index (χ3v) is 5.69. The van der Waals surface area contributed by atoms with E-state index in [0.29, 0.717) is 49.9 Å². The van der Waals surface area contributed by atoms with E-state index in [1.807, 2.05) is 6.92 Å². The van der Waals surface area contributed by atoms with Crippen LogP contribution in [-0.4, -0.2) is 41.5 Å². The molecule has 0 radical (unpaired) electrons. The van der Waals surface area contributed by atoms with Crippen molar-refractivity contribution in [3.05, 3.63) is 63.8 Å². The topological polar surface area (TPSA) is 108 Å². The van der Waals surface area contributed by atoms with Crippen LogP contribution in [0.3, 0.4) is 0 Å². The van der Waals surface area contributed by atoms with Crippen molar-refractivity contribution in [1.29, 1.82) is 5.41 Å². The standard InChI is InChI=1S/C24H28FN5O3/c1-3-30-15-17-11-12-19(24(33)29(2)20(17)14-21(30)31)28-23(32)22(26)27-13-7-6-9-16-8-4-5-10-18(16)25/h4-5,8,10,13-15,19,26H,3,6-7,9,11-12H2,1-2H3,(H,28,32)/b26-22?,27-13+/t19-/m1/s1. The van der Waals surface area contributed by atoms with Gasteiger partial charge in [-0.05, 0) is 56.2 Å². The zero-order valence-electron chi connectivity index (χ0n) is 18.8. The first-order valence-electron chi connectivity index (χ1n) is 11.0. The van der Waals surface area contributed by atoms with Crippen molar-refractivity contribution in [2.75, 3.05) is 11.9 Å². The SMILES string of the molecule is CCn1cc2c(cc1=O)N(C)C(=O)[C@H](NC(=O)C(=N)/N=C/CCCc1ccccc1F)CC2. The molecule has 2 amide bonds. The second-order valence-corrected chi connectivity index (χ2v) is 7.91. The summed E-state index contributed by atoms with van der Waals surface area (Å²) in [6.07, 6.45) is 5.71. The van der Waals surface area contributed by atoms with Crippen LogP contribution < -0.4 is 15.8 Å². The number of nitrogens with one attached hydrogen (secondary N) is 2. The molecule has 2 aromatic rings. The highest BCUT2D eigenvalue weighted by molar-refractivity contribution is 6.38. The number of amides is 2. The van der Waals surface area contributed by atoms with Gasteiger partial charge in [0, 0.05) is 32.1 Å². The lowest BCUT2D eigenvalue weighted by molar-refractivity contribution is -0.124. The Morgan fingerprint density at radius 3 is 2.82 bits per heavy atom.